The highest BCUT2D eigenvalue weighted by atomic mass is 16.3. The molecule has 1 saturated carbocycles. The van der Waals surface area contributed by atoms with E-state index in [0.717, 1.165) is 94.4 Å². The number of aromatic hydroxyl groups is 2. The van der Waals surface area contributed by atoms with Crippen LogP contribution < -0.4 is 21.3 Å². The maximum Gasteiger partial charge on any atom is 0.169 e. The largest absolute Gasteiger partial charge is 0.507 e. The summed E-state index contributed by atoms with van der Waals surface area (Å²) in [6, 6.07) is 26.9. The lowest BCUT2D eigenvalue weighted by Crippen LogP contribution is -2.47. The van der Waals surface area contributed by atoms with Gasteiger partial charge in [0, 0.05) is 76.6 Å². The lowest BCUT2D eigenvalue weighted by molar-refractivity contribution is 0.246. The van der Waals surface area contributed by atoms with Gasteiger partial charge in [-0.2, -0.15) is 5.26 Å². The molecule has 3 aliphatic rings. The van der Waals surface area contributed by atoms with Gasteiger partial charge in [-0.3, -0.25) is 9.80 Å². The lowest BCUT2D eigenvalue weighted by Gasteiger charge is -2.36. The Balaban J connectivity index is 0.855. The normalized spacial score (nSPS) is 19.2. The van der Waals surface area contributed by atoms with Crippen molar-refractivity contribution in [3.63, 3.8) is 0 Å². The minimum absolute atomic E-state index is 0.163. The van der Waals surface area contributed by atoms with E-state index in [4.69, 9.17) is 11.5 Å². The summed E-state index contributed by atoms with van der Waals surface area (Å²) in [4.78, 5) is 9.35. The zero-order chi connectivity index (χ0) is 36.5. The van der Waals surface area contributed by atoms with E-state index in [0.29, 0.717) is 51.5 Å². The lowest BCUT2D eigenvalue weighted by atomic mass is 10.0. The van der Waals surface area contributed by atoms with Crippen LogP contribution >= 0.6 is 0 Å². The summed E-state index contributed by atoms with van der Waals surface area (Å²) in [6.07, 6.45) is 1.09. The van der Waals surface area contributed by atoms with Crippen LogP contribution in [0.5, 0.6) is 11.5 Å². The topological polar surface area (TPSA) is 181 Å². The molecule has 8 rings (SSSR count). The number of rotatable bonds is 9. The van der Waals surface area contributed by atoms with Gasteiger partial charge < -0.3 is 31.5 Å². The van der Waals surface area contributed by atoms with Crippen molar-refractivity contribution >= 4 is 23.0 Å². The van der Waals surface area contributed by atoms with Crippen molar-refractivity contribution in [1.82, 2.24) is 30.2 Å². The third-order valence-corrected chi connectivity index (χ3v) is 10.8. The minimum atomic E-state index is 0.163. The number of nitrogens with two attached hydrogens (primary N) is 2. The van der Waals surface area contributed by atoms with Crippen molar-refractivity contribution in [3.8, 4) is 40.1 Å². The maximum atomic E-state index is 11.2. The van der Waals surface area contributed by atoms with Gasteiger partial charge in [-0.1, -0.05) is 30.3 Å². The summed E-state index contributed by atoms with van der Waals surface area (Å²) in [5, 5.41) is 47.8. The molecule has 4 heterocycles. The first kappa shape index (κ1) is 34.1. The van der Waals surface area contributed by atoms with E-state index in [1.54, 1.807) is 12.1 Å². The number of nitrogens with zero attached hydrogens (tertiary/aromatic N) is 9. The fourth-order valence-electron chi connectivity index (χ4n) is 7.74. The Labute approximate surface area is 308 Å². The van der Waals surface area contributed by atoms with Crippen LogP contribution in [0.3, 0.4) is 0 Å². The first-order valence-electron chi connectivity index (χ1n) is 18.1. The van der Waals surface area contributed by atoms with Crippen LogP contribution in [0.25, 0.3) is 22.5 Å². The molecule has 2 unspecified atom stereocenters. The Bertz CT molecular complexity index is 2160. The number of piperazine rings is 2. The first-order chi connectivity index (χ1) is 25.8. The van der Waals surface area contributed by atoms with Crippen molar-refractivity contribution in [2.75, 3.05) is 80.2 Å². The van der Waals surface area contributed by atoms with Gasteiger partial charge in [0.25, 0.3) is 0 Å². The molecule has 2 aromatic heterocycles. The SMILES string of the molecule is N#Cc1cccc(CN2CCN(c3cc(-c4ccc(C5CC5CN5CCN(c6cc(-c7ccccc7O)nnc6N)CC5)cc4O)nnc3N)CC2)c1. The van der Waals surface area contributed by atoms with Crippen LogP contribution in [0.1, 0.15) is 29.0 Å². The monoisotopic (exact) mass is 709 g/mol. The predicted octanol–water partition coefficient (Wildman–Crippen LogP) is 4.30. The van der Waals surface area contributed by atoms with Crippen LogP contribution in [0.4, 0.5) is 23.0 Å². The molecule has 5 aromatic rings. The molecule has 2 aliphatic heterocycles. The molecule has 0 radical (unpaired) electrons. The zero-order valence-corrected chi connectivity index (χ0v) is 29.5. The van der Waals surface area contributed by atoms with Crippen LogP contribution in [0, 0.1) is 17.2 Å². The fourth-order valence-corrected chi connectivity index (χ4v) is 7.74. The first-order valence-corrected chi connectivity index (χ1v) is 18.1. The number of anilines is 4. The average Bonchev–Trinajstić information content (AvgIpc) is 3.95. The van der Waals surface area contributed by atoms with Crippen LogP contribution in [0.2, 0.25) is 0 Å². The Morgan fingerprint density at radius 3 is 1.91 bits per heavy atom. The maximum absolute atomic E-state index is 11.2. The van der Waals surface area contributed by atoms with Gasteiger partial charge in [-0.15, -0.1) is 20.4 Å². The summed E-state index contributed by atoms with van der Waals surface area (Å²) in [6.45, 7) is 8.52. The highest BCUT2D eigenvalue weighted by Crippen LogP contribution is 2.49. The molecule has 270 valence electrons. The third-order valence-electron chi connectivity index (χ3n) is 10.8. The second-order valence-electron chi connectivity index (χ2n) is 14.3. The van der Waals surface area contributed by atoms with Crippen LogP contribution in [0.15, 0.2) is 78.9 Å². The molecule has 0 amide bonds. The molecule has 6 N–H and O–H groups in total. The number of para-hydroxylation sites is 1. The Morgan fingerprint density at radius 2 is 1.28 bits per heavy atom. The van der Waals surface area contributed by atoms with Crippen molar-refractivity contribution < 1.29 is 10.2 Å². The van der Waals surface area contributed by atoms with Crippen LogP contribution in [-0.4, -0.2) is 99.3 Å². The highest BCUT2D eigenvalue weighted by Gasteiger charge is 2.40. The molecule has 2 saturated heterocycles. The molecule has 0 bridgehead atoms. The van der Waals surface area contributed by atoms with Gasteiger partial charge in [0.1, 0.15) is 11.5 Å². The van der Waals surface area contributed by atoms with E-state index in [9.17, 15) is 15.5 Å². The van der Waals surface area contributed by atoms with Crippen molar-refractivity contribution in [1.29, 1.82) is 5.26 Å². The van der Waals surface area contributed by atoms with E-state index in [-0.39, 0.29) is 11.5 Å². The molecule has 3 aromatic carbocycles. The van der Waals surface area contributed by atoms with E-state index >= 15 is 0 Å². The van der Waals surface area contributed by atoms with E-state index in [1.165, 1.54) is 0 Å². The molecule has 1 aliphatic carbocycles. The second-order valence-corrected chi connectivity index (χ2v) is 14.3. The van der Waals surface area contributed by atoms with Crippen molar-refractivity contribution in [2.24, 2.45) is 5.92 Å². The molecule has 0 spiro atoms. The minimum Gasteiger partial charge on any atom is -0.507 e. The number of phenolic OH excluding ortho intramolecular Hbond substituents is 2. The summed E-state index contributed by atoms with van der Waals surface area (Å²) in [7, 11) is 0. The fraction of sp³-hybridized carbons (Fsp3) is 0.325. The number of nitriles is 1. The molecule has 3 fully saturated rings. The summed E-state index contributed by atoms with van der Waals surface area (Å²) < 4.78 is 0. The molecular weight excluding hydrogens is 667 g/mol. The number of aromatic nitrogens is 4. The molecule has 13 heteroatoms. The number of hydrogen-bond donors (Lipinski definition) is 4. The van der Waals surface area contributed by atoms with E-state index in [2.05, 4.69) is 58.2 Å². The average molecular weight is 710 g/mol. The number of hydrogen-bond acceptors (Lipinski definition) is 13. The number of phenols is 2. The molecular formula is C40H43N11O2. The van der Waals surface area contributed by atoms with Gasteiger partial charge in [-0.05, 0) is 77.9 Å². The predicted molar refractivity (Wildman–Crippen MR) is 205 cm³/mol. The van der Waals surface area contributed by atoms with Crippen molar-refractivity contribution in [3.05, 3.63) is 95.6 Å². The summed E-state index contributed by atoms with van der Waals surface area (Å²) >= 11 is 0. The standard InChI is InChI=1S/C40H43N11O2/c41-23-26-4-3-5-27(18-26)24-48-10-14-50(15-11-48)36-22-34(45-47-40(36)43)31-9-8-28(20-38(31)53)32-19-29(32)25-49-12-16-51(17-13-49)35-21-33(44-46-39(35)42)30-6-1-2-7-37(30)52/h1-9,18,20-22,29,32,52-53H,10-17,19,24-25H2,(H2,42,46)(H2,43,47). The summed E-state index contributed by atoms with van der Waals surface area (Å²) in [5.41, 5.74) is 19.7. The van der Waals surface area contributed by atoms with E-state index in [1.807, 2.05) is 54.6 Å². The Hall–Kier alpha value is -5.97. The van der Waals surface area contributed by atoms with Crippen LogP contribution in [-0.2, 0) is 6.54 Å². The van der Waals surface area contributed by atoms with Gasteiger partial charge in [-0.25, -0.2) is 0 Å². The van der Waals surface area contributed by atoms with Crippen molar-refractivity contribution in [2.45, 2.75) is 18.9 Å². The molecule has 2 atom stereocenters. The van der Waals surface area contributed by atoms with Gasteiger partial charge in [0.2, 0.25) is 0 Å². The summed E-state index contributed by atoms with van der Waals surface area (Å²) in [5.74, 6) is 2.06. The molecule has 13 nitrogen and oxygen atoms in total. The van der Waals surface area contributed by atoms with Gasteiger partial charge >= 0.3 is 0 Å². The number of benzene rings is 3. The zero-order valence-electron chi connectivity index (χ0n) is 29.5. The smallest absolute Gasteiger partial charge is 0.169 e. The second kappa shape index (κ2) is 14.6. The third kappa shape index (κ3) is 7.37. The van der Waals surface area contributed by atoms with Gasteiger partial charge in [0.05, 0.1) is 34.4 Å². The van der Waals surface area contributed by atoms with E-state index < -0.39 is 0 Å². The highest BCUT2D eigenvalue weighted by molar-refractivity contribution is 5.75. The Morgan fingerprint density at radius 1 is 0.660 bits per heavy atom. The quantitative estimate of drug-likeness (QED) is 0.170. The van der Waals surface area contributed by atoms with Gasteiger partial charge in [0.15, 0.2) is 11.6 Å². The number of nitrogen functional groups attached to an aromatic ring is 2. The molecule has 53 heavy (non-hydrogen) atoms. The Kier molecular flexibility index (Phi) is 9.39.